The maximum absolute atomic E-state index is 15.2. The van der Waals surface area contributed by atoms with E-state index in [2.05, 4.69) is 29.2 Å². The van der Waals surface area contributed by atoms with E-state index in [1.54, 1.807) is 0 Å². The fourth-order valence-corrected chi connectivity index (χ4v) is 7.76. The van der Waals surface area contributed by atoms with Gasteiger partial charge in [0.25, 0.3) is 0 Å². The molecule has 1 nitrogen and oxygen atoms in total. The van der Waals surface area contributed by atoms with Crippen LogP contribution >= 0.6 is 0 Å². The SMILES string of the molecule is Fc1cc2c(c(CCB3C4CCCC3CCC4)c1F)[C@H]1C[C@@H]2CN(c2ccccc2)C1. The molecule has 0 spiro atoms. The molecule has 3 aliphatic heterocycles. The van der Waals surface area contributed by atoms with Crippen LogP contribution < -0.4 is 4.90 Å². The van der Waals surface area contributed by atoms with Gasteiger partial charge in [0.1, 0.15) is 6.71 Å². The zero-order valence-corrected chi connectivity index (χ0v) is 18.3. The van der Waals surface area contributed by atoms with Gasteiger partial charge in [-0.1, -0.05) is 74.7 Å². The van der Waals surface area contributed by atoms with Crippen LogP contribution in [0.15, 0.2) is 36.4 Å². The number of piperidine rings is 1. The molecular weight excluding hydrogens is 387 g/mol. The number of hydrogen-bond donors (Lipinski definition) is 0. The number of halogens is 2. The summed E-state index contributed by atoms with van der Waals surface area (Å²) >= 11 is 0. The number of benzene rings is 2. The number of hydrogen-bond acceptors (Lipinski definition) is 1. The van der Waals surface area contributed by atoms with Crippen LogP contribution in [0.1, 0.15) is 73.5 Å². The Morgan fingerprint density at radius 2 is 1.58 bits per heavy atom. The fraction of sp³-hybridized carbons (Fsp3) is 0.556. The van der Waals surface area contributed by atoms with Crippen molar-refractivity contribution in [2.24, 2.45) is 0 Å². The molecule has 0 N–H and O–H groups in total. The Morgan fingerprint density at radius 3 is 2.29 bits per heavy atom. The third-order valence-corrected chi connectivity index (χ3v) is 9.05. The molecule has 2 aromatic rings. The molecule has 0 radical (unpaired) electrons. The van der Waals surface area contributed by atoms with E-state index < -0.39 is 11.6 Å². The third kappa shape index (κ3) is 3.41. The van der Waals surface area contributed by atoms with Gasteiger partial charge in [-0.2, -0.15) is 0 Å². The van der Waals surface area contributed by atoms with Crippen LogP contribution in [0, 0.1) is 11.6 Å². The van der Waals surface area contributed by atoms with Crippen molar-refractivity contribution >= 4 is 12.4 Å². The van der Waals surface area contributed by atoms with E-state index >= 15 is 4.39 Å². The summed E-state index contributed by atoms with van der Waals surface area (Å²) in [6.45, 7) is 2.55. The van der Waals surface area contributed by atoms with Gasteiger partial charge in [0.05, 0.1) is 0 Å². The Bertz CT molecular complexity index is 939. The highest BCUT2D eigenvalue weighted by Crippen LogP contribution is 2.51. The van der Waals surface area contributed by atoms with Gasteiger partial charge in [-0.15, -0.1) is 0 Å². The summed E-state index contributed by atoms with van der Waals surface area (Å²) in [5, 5.41) is 0. The molecular formula is C27H32BF2N. The largest absolute Gasteiger partial charge is 0.370 e. The Morgan fingerprint density at radius 1 is 0.903 bits per heavy atom. The van der Waals surface area contributed by atoms with Crippen molar-refractivity contribution < 1.29 is 8.78 Å². The zero-order valence-electron chi connectivity index (χ0n) is 18.3. The number of rotatable bonds is 4. The van der Waals surface area contributed by atoms with Gasteiger partial charge in [-0.05, 0) is 47.7 Å². The van der Waals surface area contributed by atoms with Gasteiger partial charge in [-0.25, -0.2) is 8.78 Å². The minimum Gasteiger partial charge on any atom is -0.370 e. The fourth-order valence-electron chi connectivity index (χ4n) is 7.76. The number of nitrogens with zero attached hydrogens (tertiary/aromatic N) is 1. The highest BCUT2D eigenvalue weighted by Gasteiger charge is 2.42. The van der Waals surface area contributed by atoms with Crippen LogP contribution in [0.2, 0.25) is 18.0 Å². The molecule has 6 rings (SSSR count). The predicted octanol–water partition coefficient (Wildman–Crippen LogP) is 7.20. The lowest BCUT2D eigenvalue weighted by molar-refractivity contribution is 0.440. The van der Waals surface area contributed by atoms with Crippen molar-refractivity contribution in [1.82, 2.24) is 0 Å². The first-order chi connectivity index (χ1) is 15.2. The van der Waals surface area contributed by atoms with E-state index in [-0.39, 0.29) is 0 Å². The van der Waals surface area contributed by atoms with Crippen LogP contribution in [-0.4, -0.2) is 19.8 Å². The molecule has 4 aliphatic rings. The second-order valence-electron chi connectivity index (χ2n) is 10.6. The third-order valence-electron chi connectivity index (χ3n) is 9.05. The predicted molar refractivity (Wildman–Crippen MR) is 125 cm³/mol. The standard InChI is InChI=1S/C27H32BF2N/c29-25-15-24-18-14-19(17-31(16-18)22-10-2-1-3-11-22)26(24)23(27(25)30)12-13-28-20-6-4-7-21(28)9-5-8-20/h1-3,10-11,15,18-21H,4-9,12-14,16-17H2/t18-,19+,20?,21?/m1/s1. The Balaban J connectivity index is 1.29. The molecule has 3 saturated heterocycles. The molecule has 0 unspecified atom stereocenters. The summed E-state index contributed by atoms with van der Waals surface area (Å²) in [6.07, 6.45) is 10.9. The summed E-state index contributed by atoms with van der Waals surface area (Å²) in [7, 11) is 0. The molecule has 2 aromatic carbocycles. The average molecular weight is 419 g/mol. The highest BCUT2D eigenvalue weighted by molar-refractivity contribution is 6.62. The molecule has 4 bridgehead atoms. The highest BCUT2D eigenvalue weighted by atomic mass is 19.2. The van der Waals surface area contributed by atoms with Gasteiger partial charge in [0, 0.05) is 30.6 Å². The van der Waals surface area contributed by atoms with E-state index in [1.807, 2.05) is 6.07 Å². The molecule has 0 amide bonds. The summed E-state index contributed by atoms with van der Waals surface area (Å²) in [4.78, 5) is 2.42. The molecule has 2 atom stereocenters. The maximum Gasteiger partial charge on any atom is 0.162 e. The second kappa shape index (κ2) is 7.94. The van der Waals surface area contributed by atoms with E-state index in [1.165, 1.54) is 55.8 Å². The lowest BCUT2D eigenvalue weighted by Gasteiger charge is -2.40. The molecule has 0 aromatic heterocycles. The minimum atomic E-state index is -0.628. The molecule has 4 heteroatoms. The van der Waals surface area contributed by atoms with Gasteiger partial charge >= 0.3 is 0 Å². The topological polar surface area (TPSA) is 3.24 Å². The van der Waals surface area contributed by atoms with Gasteiger partial charge in [-0.3, -0.25) is 0 Å². The quantitative estimate of drug-likeness (QED) is 0.474. The van der Waals surface area contributed by atoms with Crippen LogP contribution in [0.4, 0.5) is 14.5 Å². The first-order valence-corrected chi connectivity index (χ1v) is 12.5. The van der Waals surface area contributed by atoms with Crippen LogP contribution in [-0.2, 0) is 6.42 Å². The molecule has 162 valence electrons. The van der Waals surface area contributed by atoms with Crippen molar-refractivity contribution in [3.05, 3.63) is 64.7 Å². The summed E-state index contributed by atoms with van der Waals surface area (Å²) < 4.78 is 29.9. The van der Waals surface area contributed by atoms with E-state index in [4.69, 9.17) is 0 Å². The molecule has 3 fully saturated rings. The smallest absolute Gasteiger partial charge is 0.162 e. The van der Waals surface area contributed by atoms with Gasteiger partial charge < -0.3 is 4.90 Å². The summed E-state index contributed by atoms with van der Waals surface area (Å²) in [5.41, 5.74) is 4.22. The molecule has 31 heavy (non-hydrogen) atoms. The van der Waals surface area contributed by atoms with Crippen LogP contribution in [0.25, 0.3) is 0 Å². The van der Waals surface area contributed by atoms with Crippen LogP contribution in [0.3, 0.4) is 0 Å². The normalized spacial score (nSPS) is 29.2. The summed E-state index contributed by atoms with van der Waals surface area (Å²) in [6, 6.07) is 12.0. The number of fused-ring (bicyclic) bond motifs is 7. The number of anilines is 1. The lowest BCUT2D eigenvalue weighted by Crippen LogP contribution is -2.35. The van der Waals surface area contributed by atoms with Gasteiger partial charge in [0.2, 0.25) is 0 Å². The minimum absolute atomic E-state index is 0.317. The molecule has 0 saturated carbocycles. The van der Waals surface area contributed by atoms with E-state index in [9.17, 15) is 4.39 Å². The molecule has 1 aliphatic carbocycles. The molecule has 3 heterocycles. The number of para-hydroxylation sites is 1. The zero-order chi connectivity index (χ0) is 20.9. The average Bonchev–Trinajstić information content (AvgIpc) is 3.03. The van der Waals surface area contributed by atoms with Crippen molar-refractivity contribution in [2.45, 2.75) is 81.2 Å². The Labute approximate surface area is 185 Å². The van der Waals surface area contributed by atoms with Crippen molar-refractivity contribution in [3.8, 4) is 0 Å². The maximum atomic E-state index is 15.2. The van der Waals surface area contributed by atoms with Crippen molar-refractivity contribution in [1.29, 1.82) is 0 Å². The van der Waals surface area contributed by atoms with Crippen molar-refractivity contribution in [3.63, 3.8) is 0 Å². The van der Waals surface area contributed by atoms with Crippen molar-refractivity contribution in [2.75, 3.05) is 18.0 Å². The Hall–Kier alpha value is -1.84. The van der Waals surface area contributed by atoms with Crippen LogP contribution in [0.5, 0.6) is 0 Å². The second-order valence-corrected chi connectivity index (χ2v) is 10.6. The van der Waals surface area contributed by atoms with Gasteiger partial charge in [0.15, 0.2) is 11.6 Å². The first-order valence-electron chi connectivity index (χ1n) is 12.5. The monoisotopic (exact) mass is 419 g/mol. The first kappa shape index (κ1) is 19.8. The Kier molecular flexibility index (Phi) is 5.08. The van der Waals surface area contributed by atoms with E-state index in [0.717, 1.165) is 61.7 Å². The summed E-state index contributed by atoms with van der Waals surface area (Å²) in [5.74, 6) is 1.10. The lowest BCUT2D eigenvalue weighted by atomic mass is 9.25. The van der Waals surface area contributed by atoms with E-state index in [0.29, 0.717) is 11.8 Å².